The van der Waals surface area contributed by atoms with Crippen molar-refractivity contribution in [3.8, 4) is 11.3 Å². The molecule has 0 saturated carbocycles. The van der Waals surface area contributed by atoms with Crippen LogP contribution in [0.3, 0.4) is 0 Å². The third kappa shape index (κ3) is 5.80. The Morgan fingerprint density at radius 2 is 2.03 bits per heavy atom. The number of hydrogen-bond donors (Lipinski definition) is 3. The predicted octanol–water partition coefficient (Wildman–Crippen LogP) is 2.84. The van der Waals surface area contributed by atoms with E-state index in [1.54, 1.807) is 10.8 Å². The SMILES string of the molecule is CCOC(C)(C)CCCNC(=O)CSc1nc2c(=O)n3cc(-c4ccccc4)[nH]c3nc2n1CCO. The van der Waals surface area contributed by atoms with Crippen LogP contribution >= 0.6 is 11.8 Å². The second kappa shape index (κ2) is 11.3. The molecule has 11 heteroatoms. The van der Waals surface area contributed by atoms with E-state index in [4.69, 9.17) is 4.74 Å². The lowest BCUT2D eigenvalue weighted by molar-refractivity contribution is -0.118. The molecule has 4 rings (SSSR count). The molecule has 1 amide bonds. The number of nitrogens with one attached hydrogen (secondary N) is 2. The van der Waals surface area contributed by atoms with E-state index in [2.05, 4.69) is 20.3 Å². The standard InChI is InChI=1S/C25H32N6O4S/c1-4-35-25(2,3)11-8-12-26-19(33)16-36-24-28-20-21(30(24)13-14-32)29-23-27-18(15-31(23)22(20)34)17-9-6-5-7-10-17/h5-7,9-10,15,32H,4,8,11-14,16H2,1-3H3,(H,26,33)(H,27,29). The normalized spacial score (nSPS) is 12.0. The summed E-state index contributed by atoms with van der Waals surface area (Å²) in [5, 5.41) is 13.0. The van der Waals surface area contributed by atoms with E-state index >= 15 is 0 Å². The second-order valence-corrected chi connectivity index (χ2v) is 9.96. The summed E-state index contributed by atoms with van der Waals surface area (Å²) in [6.07, 6.45) is 3.36. The minimum atomic E-state index is -0.312. The third-order valence-electron chi connectivity index (χ3n) is 5.83. The van der Waals surface area contributed by atoms with Crippen LogP contribution in [0.25, 0.3) is 28.2 Å². The van der Waals surface area contributed by atoms with Gasteiger partial charge in [0.05, 0.1) is 23.7 Å². The maximum Gasteiger partial charge on any atom is 0.287 e. The largest absolute Gasteiger partial charge is 0.395 e. The Balaban J connectivity index is 1.49. The highest BCUT2D eigenvalue weighted by Crippen LogP contribution is 2.23. The average molecular weight is 513 g/mol. The number of amides is 1. The lowest BCUT2D eigenvalue weighted by Gasteiger charge is -2.24. The number of carbonyl (C=O) groups is 1. The topological polar surface area (TPSA) is 127 Å². The van der Waals surface area contributed by atoms with Gasteiger partial charge in [-0.3, -0.25) is 9.59 Å². The number of H-pyrrole nitrogens is 1. The predicted molar refractivity (Wildman–Crippen MR) is 140 cm³/mol. The average Bonchev–Trinajstić information content (AvgIpc) is 3.44. The van der Waals surface area contributed by atoms with Crippen molar-refractivity contribution in [2.75, 3.05) is 25.5 Å². The lowest BCUT2D eigenvalue weighted by Crippen LogP contribution is -2.29. The molecule has 192 valence electrons. The summed E-state index contributed by atoms with van der Waals surface area (Å²) >= 11 is 1.22. The molecule has 10 nitrogen and oxygen atoms in total. The number of thioether (sulfide) groups is 1. The summed E-state index contributed by atoms with van der Waals surface area (Å²) in [6, 6.07) is 9.66. The van der Waals surface area contributed by atoms with Crippen molar-refractivity contribution in [3.05, 3.63) is 46.9 Å². The van der Waals surface area contributed by atoms with E-state index in [-0.39, 0.29) is 41.5 Å². The van der Waals surface area contributed by atoms with Gasteiger partial charge in [0.1, 0.15) is 0 Å². The summed E-state index contributed by atoms with van der Waals surface area (Å²) in [5.74, 6) is 0.400. The van der Waals surface area contributed by atoms with E-state index in [1.807, 2.05) is 51.1 Å². The van der Waals surface area contributed by atoms with Crippen LogP contribution in [0, 0.1) is 0 Å². The summed E-state index contributed by atoms with van der Waals surface area (Å²) in [7, 11) is 0. The first-order chi connectivity index (χ1) is 17.3. The molecular weight excluding hydrogens is 480 g/mol. The minimum absolute atomic E-state index is 0.124. The number of rotatable bonds is 12. The first-order valence-electron chi connectivity index (χ1n) is 12.0. The number of aliphatic hydroxyl groups excluding tert-OH is 1. The highest BCUT2D eigenvalue weighted by molar-refractivity contribution is 7.99. The Morgan fingerprint density at radius 1 is 1.25 bits per heavy atom. The van der Waals surface area contributed by atoms with Crippen molar-refractivity contribution in [1.82, 2.24) is 29.2 Å². The van der Waals surface area contributed by atoms with Crippen molar-refractivity contribution >= 4 is 34.6 Å². The van der Waals surface area contributed by atoms with Crippen molar-refractivity contribution in [1.29, 1.82) is 0 Å². The highest BCUT2D eigenvalue weighted by atomic mass is 32.2. The number of benzene rings is 1. The van der Waals surface area contributed by atoms with Crippen molar-refractivity contribution in [2.45, 2.75) is 50.9 Å². The Bertz CT molecular complexity index is 1390. The number of aromatic nitrogens is 5. The number of ether oxygens (including phenoxy) is 1. The molecule has 0 bridgehead atoms. The molecule has 0 saturated heterocycles. The molecule has 0 radical (unpaired) electrons. The Hall–Kier alpha value is -3.15. The van der Waals surface area contributed by atoms with Crippen LogP contribution in [-0.4, -0.2) is 66.0 Å². The minimum Gasteiger partial charge on any atom is -0.395 e. The van der Waals surface area contributed by atoms with Crippen LogP contribution in [0.4, 0.5) is 0 Å². The molecule has 0 aliphatic rings. The molecule has 0 unspecified atom stereocenters. The van der Waals surface area contributed by atoms with Gasteiger partial charge >= 0.3 is 0 Å². The molecule has 36 heavy (non-hydrogen) atoms. The number of aromatic amines is 1. The molecule has 3 aromatic heterocycles. The zero-order chi connectivity index (χ0) is 25.7. The number of fused-ring (bicyclic) bond motifs is 2. The zero-order valence-corrected chi connectivity index (χ0v) is 21.6. The molecule has 0 fully saturated rings. The summed E-state index contributed by atoms with van der Waals surface area (Å²) in [5.41, 5.74) is 1.74. The highest BCUT2D eigenvalue weighted by Gasteiger charge is 2.20. The molecule has 1 aromatic carbocycles. The van der Waals surface area contributed by atoms with E-state index in [9.17, 15) is 14.7 Å². The number of nitrogens with zero attached hydrogens (tertiary/aromatic N) is 4. The van der Waals surface area contributed by atoms with Crippen molar-refractivity contribution in [3.63, 3.8) is 0 Å². The first kappa shape index (κ1) is 25.9. The van der Waals surface area contributed by atoms with Crippen LogP contribution in [-0.2, 0) is 16.1 Å². The number of carbonyl (C=O) groups excluding carboxylic acids is 1. The van der Waals surface area contributed by atoms with Gasteiger partial charge in [-0.05, 0) is 39.2 Å². The summed E-state index contributed by atoms with van der Waals surface area (Å²) in [6.45, 7) is 7.33. The molecule has 0 aliphatic heterocycles. The van der Waals surface area contributed by atoms with Gasteiger partial charge < -0.3 is 24.7 Å². The van der Waals surface area contributed by atoms with Crippen molar-refractivity contribution < 1.29 is 14.6 Å². The van der Waals surface area contributed by atoms with Gasteiger partial charge in [0.2, 0.25) is 11.7 Å². The fraction of sp³-hybridized carbons (Fsp3) is 0.440. The third-order valence-corrected chi connectivity index (χ3v) is 6.80. The van der Waals surface area contributed by atoms with E-state index in [0.29, 0.717) is 29.7 Å². The van der Waals surface area contributed by atoms with Gasteiger partial charge in [0.25, 0.3) is 5.56 Å². The van der Waals surface area contributed by atoms with Crippen LogP contribution in [0.1, 0.15) is 33.6 Å². The fourth-order valence-electron chi connectivity index (χ4n) is 4.10. The second-order valence-electron chi connectivity index (χ2n) is 9.02. The molecule has 0 aliphatic carbocycles. The fourth-order valence-corrected chi connectivity index (χ4v) is 4.95. The quantitative estimate of drug-likeness (QED) is 0.197. The van der Waals surface area contributed by atoms with Crippen LogP contribution < -0.4 is 10.9 Å². The Morgan fingerprint density at radius 3 is 2.75 bits per heavy atom. The summed E-state index contributed by atoms with van der Waals surface area (Å²) < 4.78 is 8.80. The lowest BCUT2D eigenvalue weighted by atomic mass is 10.0. The number of imidazole rings is 2. The molecule has 0 spiro atoms. The zero-order valence-electron chi connectivity index (χ0n) is 20.8. The molecule has 0 atom stereocenters. The van der Waals surface area contributed by atoms with Gasteiger partial charge in [0, 0.05) is 25.9 Å². The first-order valence-corrected chi connectivity index (χ1v) is 13.0. The number of aliphatic hydroxyl groups is 1. The van der Waals surface area contributed by atoms with Gasteiger partial charge in [0.15, 0.2) is 16.3 Å². The smallest absolute Gasteiger partial charge is 0.287 e. The van der Waals surface area contributed by atoms with Gasteiger partial charge in [-0.2, -0.15) is 4.98 Å². The van der Waals surface area contributed by atoms with Gasteiger partial charge in [-0.25, -0.2) is 9.38 Å². The van der Waals surface area contributed by atoms with E-state index in [1.165, 1.54) is 16.2 Å². The van der Waals surface area contributed by atoms with Gasteiger partial charge in [-0.1, -0.05) is 42.1 Å². The molecule has 3 N–H and O–H groups in total. The van der Waals surface area contributed by atoms with Crippen LogP contribution in [0.15, 0.2) is 46.5 Å². The van der Waals surface area contributed by atoms with E-state index < -0.39 is 0 Å². The monoisotopic (exact) mass is 512 g/mol. The molecule has 3 heterocycles. The molecular formula is C25H32N6O4S. The van der Waals surface area contributed by atoms with Crippen LogP contribution in [0.5, 0.6) is 0 Å². The van der Waals surface area contributed by atoms with Crippen molar-refractivity contribution in [2.24, 2.45) is 0 Å². The Kier molecular flexibility index (Phi) is 8.12. The van der Waals surface area contributed by atoms with Gasteiger partial charge in [-0.15, -0.1) is 0 Å². The maximum atomic E-state index is 13.2. The van der Waals surface area contributed by atoms with E-state index in [0.717, 1.165) is 24.1 Å². The Labute approximate surface area is 213 Å². The number of hydrogen-bond acceptors (Lipinski definition) is 7. The maximum absolute atomic E-state index is 13.2. The summed E-state index contributed by atoms with van der Waals surface area (Å²) in [4.78, 5) is 37.9. The van der Waals surface area contributed by atoms with Crippen LogP contribution in [0.2, 0.25) is 0 Å². The molecule has 4 aromatic rings.